The number of carbonyl (C=O) groups is 1. The van der Waals surface area contributed by atoms with E-state index in [4.69, 9.17) is 0 Å². The number of hydrogen-bond donors (Lipinski definition) is 3. The Morgan fingerprint density at radius 2 is 1.81 bits per heavy atom. The largest absolute Gasteiger partial charge is 0.501 e. The minimum absolute atomic E-state index is 0.0707. The molecule has 1 heterocycles. The van der Waals surface area contributed by atoms with Crippen LogP contribution in [-0.2, 0) is 6.54 Å². The molecule has 0 saturated carbocycles. The number of hydrogen-bond acceptors (Lipinski definition) is 5. The molecule has 0 saturated heterocycles. The molecule has 0 aliphatic heterocycles. The molecule has 3 N–H and O–H groups in total. The van der Waals surface area contributed by atoms with Crippen LogP contribution in [0.4, 0.5) is 8.78 Å². The molecule has 8 heteroatoms. The molecule has 138 valence electrons. The first-order valence-electron chi connectivity index (χ1n) is 7.95. The number of benzene rings is 2. The number of nitrogens with one attached hydrogen (secondary N) is 1. The van der Waals surface area contributed by atoms with Crippen molar-refractivity contribution in [3.8, 4) is 23.0 Å². The second-order valence-electron chi connectivity index (χ2n) is 5.81. The van der Waals surface area contributed by atoms with Crippen LogP contribution in [0.1, 0.15) is 21.6 Å². The van der Waals surface area contributed by atoms with Gasteiger partial charge in [-0.2, -0.15) is 4.98 Å². The molecule has 27 heavy (non-hydrogen) atoms. The van der Waals surface area contributed by atoms with E-state index in [1.807, 2.05) is 19.1 Å². The molecule has 0 aliphatic carbocycles. The van der Waals surface area contributed by atoms with Gasteiger partial charge in [0, 0.05) is 12.1 Å². The highest BCUT2D eigenvalue weighted by Crippen LogP contribution is 2.29. The standard InChI is InChI=1S/C19H15F2N3O3/c1-10-4-2-3-5-12(10)17-23-15(16(25)19(27)24-17)18(26)22-9-11-6-7-13(20)14(21)8-11/h2-8,25H,9H2,1H3,(H,22,26)(H,23,24,27). The van der Waals surface area contributed by atoms with Crippen LogP contribution in [0.5, 0.6) is 11.6 Å². The lowest BCUT2D eigenvalue weighted by Gasteiger charge is -2.10. The monoisotopic (exact) mass is 371 g/mol. The Bertz CT molecular complexity index is 1030. The summed E-state index contributed by atoms with van der Waals surface area (Å²) in [4.78, 5) is 20.2. The fraction of sp³-hybridized carbons (Fsp3) is 0.105. The summed E-state index contributed by atoms with van der Waals surface area (Å²) in [5, 5.41) is 22.2. The Labute approximate surface area is 153 Å². The summed E-state index contributed by atoms with van der Waals surface area (Å²) < 4.78 is 26.2. The van der Waals surface area contributed by atoms with Gasteiger partial charge in [-0.1, -0.05) is 30.3 Å². The number of amides is 1. The highest BCUT2D eigenvalue weighted by Gasteiger charge is 2.20. The summed E-state index contributed by atoms with van der Waals surface area (Å²) in [5.74, 6) is -4.26. The molecule has 3 aromatic rings. The molecule has 0 unspecified atom stereocenters. The maximum atomic E-state index is 13.2. The van der Waals surface area contributed by atoms with Crippen molar-refractivity contribution in [3.63, 3.8) is 0 Å². The van der Waals surface area contributed by atoms with E-state index in [0.717, 1.165) is 17.7 Å². The van der Waals surface area contributed by atoms with Crippen LogP contribution in [0.15, 0.2) is 42.5 Å². The summed E-state index contributed by atoms with van der Waals surface area (Å²) >= 11 is 0. The lowest BCUT2D eigenvalue weighted by Crippen LogP contribution is -2.24. The van der Waals surface area contributed by atoms with E-state index in [-0.39, 0.29) is 12.4 Å². The summed E-state index contributed by atoms with van der Waals surface area (Å²) in [6.45, 7) is 1.69. The van der Waals surface area contributed by atoms with Crippen molar-refractivity contribution in [2.24, 2.45) is 0 Å². The number of nitrogens with zero attached hydrogens (tertiary/aromatic N) is 2. The van der Waals surface area contributed by atoms with Gasteiger partial charge in [-0.3, -0.25) is 4.79 Å². The smallest absolute Gasteiger partial charge is 0.274 e. The summed E-state index contributed by atoms with van der Waals surface area (Å²) in [6.07, 6.45) is 0. The molecule has 6 nitrogen and oxygen atoms in total. The van der Waals surface area contributed by atoms with Crippen LogP contribution in [0.3, 0.4) is 0 Å². The number of aromatic nitrogens is 2. The van der Waals surface area contributed by atoms with E-state index in [0.29, 0.717) is 11.1 Å². The zero-order chi connectivity index (χ0) is 19.6. The third kappa shape index (κ3) is 3.84. The first-order chi connectivity index (χ1) is 12.9. The predicted molar refractivity (Wildman–Crippen MR) is 93.1 cm³/mol. The zero-order valence-corrected chi connectivity index (χ0v) is 14.2. The second-order valence-corrected chi connectivity index (χ2v) is 5.81. The normalized spacial score (nSPS) is 10.6. The van der Waals surface area contributed by atoms with Gasteiger partial charge in [0.2, 0.25) is 5.75 Å². The summed E-state index contributed by atoms with van der Waals surface area (Å²) in [6, 6.07) is 10.3. The Morgan fingerprint density at radius 3 is 2.52 bits per heavy atom. The van der Waals surface area contributed by atoms with E-state index in [1.54, 1.807) is 12.1 Å². The third-order valence-electron chi connectivity index (χ3n) is 3.90. The third-order valence-corrected chi connectivity index (χ3v) is 3.90. The Morgan fingerprint density at radius 1 is 1.07 bits per heavy atom. The second kappa shape index (κ2) is 7.36. The minimum atomic E-state index is -1.04. The molecule has 1 amide bonds. The number of halogens is 2. The SMILES string of the molecule is Cc1ccccc1-c1nc(O)c(O)c(C(=O)NCc2ccc(F)c(F)c2)n1. The van der Waals surface area contributed by atoms with Crippen LogP contribution in [0.2, 0.25) is 0 Å². The van der Waals surface area contributed by atoms with Gasteiger partial charge in [-0.15, -0.1) is 0 Å². The molecule has 2 aromatic carbocycles. The first-order valence-corrected chi connectivity index (χ1v) is 7.95. The topological polar surface area (TPSA) is 95.3 Å². The molecular formula is C19H15F2N3O3. The van der Waals surface area contributed by atoms with Crippen LogP contribution in [0, 0.1) is 18.6 Å². The van der Waals surface area contributed by atoms with E-state index >= 15 is 0 Å². The molecule has 0 fully saturated rings. The molecule has 0 atom stereocenters. The maximum Gasteiger partial charge on any atom is 0.274 e. The summed E-state index contributed by atoms with van der Waals surface area (Å²) in [7, 11) is 0. The van der Waals surface area contributed by atoms with Gasteiger partial charge in [-0.25, -0.2) is 13.8 Å². The predicted octanol–water partition coefficient (Wildman–Crippen LogP) is 3.07. The fourth-order valence-corrected chi connectivity index (χ4v) is 2.46. The van der Waals surface area contributed by atoms with E-state index < -0.39 is 34.9 Å². The van der Waals surface area contributed by atoms with Crippen LogP contribution in [-0.4, -0.2) is 26.1 Å². The van der Waals surface area contributed by atoms with Gasteiger partial charge in [0.15, 0.2) is 23.2 Å². The minimum Gasteiger partial charge on any atom is -0.501 e. The van der Waals surface area contributed by atoms with Gasteiger partial charge >= 0.3 is 0 Å². The van der Waals surface area contributed by atoms with Crippen molar-refractivity contribution < 1.29 is 23.8 Å². The maximum absolute atomic E-state index is 13.2. The van der Waals surface area contributed by atoms with Crippen LogP contribution >= 0.6 is 0 Å². The lowest BCUT2D eigenvalue weighted by atomic mass is 10.1. The van der Waals surface area contributed by atoms with Crippen molar-refractivity contribution in [3.05, 3.63) is 70.9 Å². The van der Waals surface area contributed by atoms with E-state index in [9.17, 15) is 23.8 Å². The van der Waals surface area contributed by atoms with Gasteiger partial charge in [-0.05, 0) is 30.2 Å². The number of aryl methyl sites for hydroxylation is 1. The Hall–Kier alpha value is -3.55. The highest BCUT2D eigenvalue weighted by atomic mass is 19.2. The molecule has 0 radical (unpaired) electrons. The van der Waals surface area contributed by atoms with Gasteiger partial charge in [0.25, 0.3) is 11.8 Å². The van der Waals surface area contributed by atoms with Gasteiger partial charge < -0.3 is 15.5 Å². The van der Waals surface area contributed by atoms with E-state index in [1.165, 1.54) is 6.07 Å². The van der Waals surface area contributed by atoms with Crippen molar-refractivity contribution in [2.45, 2.75) is 13.5 Å². The zero-order valence-electron chi connectivity index (χ0n) is 14.2. The fourth-order valence-electron chi connectivity index (χ4n) is 2.46. The Balaban J connectivity index is 1.87. The number of aromatic hydroxyl groups is 2. The number of carbonyl (C=O) groups excluding carboxylic acids is 1. The lowest BCUT2D eigenvalue weighted by molar-refractivity contribution is 0.0941. The highest BCUT2D eigenvalue weighted by molar-refractivity contribution is 5.95. The van der Waals surface area contributed by atoms with Crippen LogP contribution < -0.4 is 5.32 Å². The van der Waals surface area contributed by atoms with Crippen LogP contribution in [0.25, 0.3) is 11.4 Å². The Kier molecular flexibility index (Phi) is 4.98. The average molecular weight is 371 g/mol. The molecular weight excluding hydrogens is 356 g/mol. The average Bonchev–Trinajstić information content (AvgIpc) is 2.65. The van der Waals surface area contributed by atoms with Crippen molar-refractivity contribution >= 4 is 5.91 Å². The quantitative estimate of drug-likeness (QED) is 0.655. The molecule has 1 aromatic heterocycles. The molecule has 0 bridgehead atoms. The van der Waals surface area contributed by atoms with Crippen molar-refractivity contribution in [1.29, 1.82) is 0 Å². The summed E-state index contributed by atoms with van der Waals surface area (Å²) in [5.41, 5.74) is 1.29. The molecule has 0 spiro atoms. The van der Waals surface area contributed by atoms with Gasteiger partial charge in [0.1, 0.15) is 0 Å². The van der Waals surface area contributed by atoms with Crippen molar-refractivity contribution in [2.75, 3.05) is 0 Å². The number of rotatable bonds is 4. The molecule has 3 rings (SSSR count). The molecule has 0 aliphatic rings. The first kappa shape index (κ1) is 18.2. The van der Waals surface area contributed by atoms with Crippen molar-refractivity contribution in [1.82, 2.24) is 15.3 Å². The van der Waals surface area contributed by atoms with Gasteiger partial charge in [0.05, 0.1) is 0 Å². The van der Waals surface area contributed by atoms with E-state index in [2.05, 4.69) is 15.3 Å².